The van der Waals surface area contributed by atoms with Crippen LogP contribution in [0.4, 0.5) is 10.5 Å². The van der Waals surface area contributed by atoms with Crippen LogP contribution in [-0.2, 0) is 10.2 Å². The van der Waals surface area contributed by atoms with Crippen molar-refractivity contribution in [3.8, 4) is 5.75 Å². The van der Waals surface area contributed by atoms with Crippen LogP contribution in [0.15, 0.2) is 18.2 Å². The summed E-state index contributed by atoms with van der Waals surface area (Å²) < 4.78 is 10.6. The van der Waals surface area contributed by atoms with Gasteiger partial charge in [-0.1, -0.05) is 6.92 Å². The maximum absolute atomic E-state index is 12.2. The summed E-state index contributed by atoms with van der Waals surface area (Å²) in [5.41, 5.74) is 2.34. The van der Waals surface area contributed by atoms with E-state index in [1.807, 2.05) is 24.9 Å². The molecular formula is C16H22N2O3. The van der Waals surface area contributed by atoms with Crippen LogP contribution < -0.4 is 9.64 Å². The zero-order valence-electron chi connectivity index (χ0n) is 13.0. The number of ether oxygens (including phenoxy) is 2. The Morgan fingerprint density at radius 1 is 1.48 bits per heavy atom. The third kappa shape index (κ3) is 1.87. The lowest BCUT2D eigenvalue weighted by molar-refractivity contribution is 0.0986. The van der Waals surface area contributed by atoms with Crippen molar-refractivity contribution in [2.75, 3.05) is 32.2 Å². The van der Waals surface area contributed by atoms with Crippen molar-refractivity contribution in [2.45, 2.75) is 31.8 Å². The molecule has 1 amide bonds. The van der Waals surface area contributed by atoms with E-state index in [0.717, 1.165) is 24.4 Å². The Balaban J connectivity index is 2.00. The normalized spacial score (nSPS) is 26.6. The van der Waals surface area contributed by atoms with Gasteiger partial charge in [-0.25, -0.2) is 4.79 Å². The third-order valence-electron chi connectivity index (χ3n) is 4.81. The van der Waals surface area contributed by atoms with Gasteiger partial charge in [-0.15, -0.1) is 0 Å². The van der Waals surface area contributed by atoms with Gasteiger partial charge in [0.05, 0.1) is 13.7 Å². The van der Waals surface area contributed by atoms with Crippen LogP contribution in [0.25, 0.3) is 0 Å². The minimum atomic E-state index is -0.224. The number of carbonyl (C=O) groups is 1. The second-order valence-corrected chi connectivity index (χ2v) is 5.93. The summed E-state index contributed by atoms with van der Waals surface area (Å²) in [6.45, 7) is 5.19. The molecule has 2 atom stereocenters. The van der Waals surface area contributed by atoms with E-state index in [1.54, 1.807) is 7.11 Å². The second-order valence-electron chi connectivity index (χ2n) is 5.93. The molecule has 2 heterocycles. The quantitative estimate of drug-likeness (QED) is 0.839. The van der Waals surface area contributed by atoms with Crippen molar-refractivity contribution in [2.24, 2.45) is 0 Å². The van der Waals surface area contributed by atoms with Crippen molar-refractivity contribution in [3.05, 3.63) is 23.8 Å². The lowest BCUT2D eigenvalue weighted by Gasteiger charge is -2.33. The van der Waals surface area contributed by atoms with E-state index in [1.165, 1.54) is 5.56 Å². The molecule has 0 aliphatic carbocycles. The molecule has 2 aliphatic rings. The molecule has 2 unspecified atom stereocenters. The topological polar surface area (TPSA) is 42.0 Å². The van der Waals surface area contributed by atoms with E-state index in [-0.39, 0.29) is 17.7 Å². The highest BCUT2D eigenvalue weighted by atomic mass is 16.6. The van der Waals surface area contributed by atoms with Crippen LogP contribution in [-0.4, -0.2) is 44.5 Å². The number of likely N-dealkylation sites (tertiary alicyclic amines) is 1. The fourth-order valence-electron chi connectivity index (χ4n) is 3.79. The zero-order valence-corrected chi connectivity index (χ0v) is 13.0. The highest BCUT2D eigenvalue weighted by Crippen LogP contribution is 2.52. The summed E-state index contributed by atoms with van der Waals surface area (Å²) in [6, 6.07) is 6.13. The molecular weight excluding hydrogens is 268 g/mol. The summed E-state index contributed by atoms with van der Waals surface area (Å²) in [4.78, 5) is 16.2. The summed E-state index contributed by atoms with van der Waals surface area (Å²) in [7, 11) is 3.72. The maximum Gasteiger partial charge on any atom is 0.411 e. The number of hydrogen-bond donors (Lipinski definition) is 0. The molecule has 114 valence electrons. The van der Waals surface area contributed by atoms with E-state index in [0.29, 0.717) is 6.61 Å². The molecule has 1 fully saturated rings. The van der Waals surface area contributed by atoms with E-state index >= 15 is 0 Å². The lowest BCUT2D eigenvalue weighted by atomic mass is 9.81. The first-order chi connectivity index (χ1) is 10.0. The van der Waals surface area contributed by atoms with Crippen molar-refractivity contribution in [3.63, 3.8) is 0 Å². The minimum absolute atomic E-state index is 0.0126. The Kier molecular flexibility index (Phi) is 3.23. The van der Waals surface area contributed by atoms with E-state index in [9.17, 15) is 4.79 Å². The van der Waals surface area contributed by atoms with Gasteiger partial charge in [-0.2, -0.15) is 0 Å². The van der Waals surface area contributed by atoms with E-state index in [4.69, 9.17) is 9.47 Å². The Bertz CT molecular complexity index is 575. The molecule has 3 rings (SSSR count). The molecule has 5 nitrogen and oxygen atoms in total. The fourth-order valence-corrected chi connectivity index (χ4v) is 3.79. The van der Waals surface area contributed by atoms with E-state index < -0.39 is 0 Å². The minimum Gasteiger partial charge on any atom is -0.497 e. The van der Waals surface area contributed by atoms with E-state index in [2.05, 4.69) is 24.0 Å². The van der Waals surface area contributed by atoms with Crippen LogP contribution >= 0.6 is 0 Å². The van der Waals surface area contributed by atoms with Gasteiger partial charge >= 0.3 is 6.09 Å². The fraction of sp³-hybridized carbons (Fsp3) is 0.562. The van der Waals surface area contributed by atoms with Gasteiger partial charge in [0.15, 0.2) is 0 Å². The molecule has 21 heavy (non-hydrogen) atoms. The molecule has 5 heteroatoms. The van der Waals surface area contributed by atoms with Crippen LogP contribution in [0.1, 0.15) is 25.8 Å². The highest BCUT2D eigenvalue weighted by Gasteiger charge is 2.55. The second kappa shape index (κ2) is 4.83. The zero-order chi connectivity index (χ0) is 15.2. The highest BCUT2D eigenvalue weighted by molar-refractivity contribution is 5.74. The van der Waals surface area contributed by atoms with Crippen molar-refractivity contribution >= 4 is 11.8 Å². The number of nitrogens with zero attached hydrogens (tertiary/aromatic N) is 2. The smallest absolute Gasteiger partial charge is 0.411 e. The van der Waals surface area contributed by atoms with Gasteiger partial charge in [0, 0.05) is 24.7 Å². The molecule has 1 saturated heterocycles. The predicted octanol–water partition coefficient (Wildman–Crippen LogP) is 2.59. The Labute approximate surface area is 125 Å². The number of methoxy groups -OCH3 is 1. The number of benzene rings is 1. The maximum atomic E-state index is 12.2. The summed E-state index contributed by atoms with van der Waals surface area (Å²) in [5, 5.41) is 0. The van der Waals surface area contributed by atoms with Crippen molar-refractivity contribution < 1.29 is 14.3 Å². The van der Waals surface area contributed by atoms with Crippen LogP contribution in [0.2, 0.25) is 0 Å². The number of hydrogen-bond acceptors (Lipinski definition) is 4. The average Bonchev–Trinajstić information content (AvgIpc) is 2.93. The Morgan fingerprint density at radius 3 is 2.90 bits per heavy atom. The SMILES string of the molecule is CCOC(=O)N1CCC2(C)c3cc(OC)ccc3N(C)C12. The number of carbonyl (C=O) groups excluding carboxylic acids is 1. The molecule has 0 radical (unpaired) electrons. The Hall–Kier alpha value is -1.91. The van der Waals surface area contributed by atoms with Gasteiger partial charge in [-0.3, -0.25) is 4.90 Å². The molecule has 0 aromatic heterocycles. The number of fused-ring (bicyclic) bond motifs is 3. The number of amides is 1. The van der Waals surface area contributed by atoms with Gasteiger partial charge in [0.25, 0.3) is 0 Å². The first-order valence-corrected chi connectivity index (χ1v) is 7.37. The number of rotatable bonds is 2. The van der Waals surface area contributed by atoms with Gasteiger partial charge in [0.1, 0.15) is 11.9 Å². The summed E-state index contributed by atoms with van der Waals surface area (Å²) in [5.74, 6) is 0.860. The molecule has 0 saturated carbocycles. The lowest BCUT2D eigenvalue weighted by Crippen LogP contribution is -2.49. The Morgan fingerprint density at radius 2 is 2.24 bits per heavy atom. The number of anilines is 1. The largest absolute Gasteiger partial charge is 0.497 e. The predicted molar refractivity (Wildman–Crippen MR) is 80.9 cm³/mol. The van der Waals surface area contributed by atoms with Crippen molar-refractivity contribution in [1.82, 2.24) is 4.90 Å². The monoisotopic (exact) mass is 290 g/mol. The standard InChI is InChI=1S/C16H22N2O3/c1-5-21-15(19)18-9-8-16(2)12-10-11(20-4)6-7-13(12)17(3)14(16)18/h6-7,10,14H,5,8-9H2,1-4H3. The molecule has 0 N–H and O–H groups in total. The summed E-state index contributed by atoms with van der Waals surface area (Å²) in [6.07, 6.45) is 0.720. The van der Waals surface area contributed by atoms with Gasteiger partial charge < -0.3 is 14.4 Å². The van der Waals surface area contributed by atoms with Gasteiger partial charge in [-0.05, 0) is 37.1 Å². The van der Waals surface area contributed by atoms with Crippen LogP contribution in [0.5, 0.6) is 5.75 Å². The molecule has 0 bridgehead atoms. The summed E-state index contributed by atoms with van der Waals surface area (Å²) >= 11 is 0. The molecule has 2 aliphatic heterocycles. The van der Waals surface area contributed by atoms with Crippen molar-refractivity contribution in [1.29, 1.82) is 0 Å². The first kappa shape index (κ1) is 14.0. The molecule has 1 aromatic carbocycles. The van der Waals surface area contributed by atoms with Gasteiger partial charge in [0.2, 0.25) is 0 Å². The molecule has 1 aromatic rings. The first-order valence-electron chi connectivity index (χ1n) is 7.37. The molecule has 0 spiro atoms. The van der Waals surface area contributed by atoms with Crippen LogP contribution in [0.3, 0.4) is 0 Å². The average molecular weight is 290 g/mol. The number of likely N-dealkylation sites (N-methyl/N-ethyl adjacent to an activating group) is 1. The van der Waals surface area contributed by atoms with Crippen LogP contribution in [0, 0.1) is 0 Å². The third-order valence-corrected chi connectivity index (χ3v) is 4.81.